The molecule has 1 fully saturated rings. The normalized spacial score (nSPS) is 35.6. The molecule has 0 amide bonds. The Morgan fingerprint density at radius 2 is 2.25 bits per heavy atom. The first-order valence-electron chi connectivity index (χ1n) is 2.58. The summed E-state index contributed by atoms with van der Waals surface area (Å²) in [6.07, 6.45) is 0. The molecule has 1 aliphatic rings. The molecule has 0 aromatic rings. The SMILES string of the molecule is CC1(C)COC(O)O1. The molecule has 0 aromatic carbocycles. The van der Waals surface area contributed by atoms with E-state index in [9.17, 15) is 0 Å². The van der Waals surface area contributed by atoms with E-state index in [4.69, 9.17) is 14.6 Å². The maximum absolute atomic E-state index is 8.62. The zero-order valence-electron chi connectivity index (χ0n) is 5.05. The third kappa shape index (κ3) is 1.18. The van der Waals surface area contributed by atoms with E-state index in [2.05, 4.69) is 0 Å². The van der Waals surface area contributed by atoms with Gasteiger partial charge in [-0.1, -0.05) is 0 Å². The molecular formula is C5H10O3. The lowest BCUT2D eigenvalue weighted by Crippen LogP contribution is -2.22. The zero-order valence-corrected chi connectivity index (χ0v) is 5.05. The van der Waals surface area contributed by atoms with Crippen LogP contribution in [0.15, 0.2) is 0 Å². The molecule has 1 saturated heterocycles. The van der Waals surface area contributed by atoms with Crippen LogP contribution in [0.1, 0.15) is 13.8 Å². The van der Waals surface area contributed by atoms with Gasteiger partial charge in [-0.25, -0.2) is 0 Å². The summed E-state index contributed by atoms with van der Waals surface area (Å²) < 4.78 is 9.58. The zero-order chi connectivity index (χ0) is 6.20. The van der Waals surface area contributed by atoms with Gasteiger partial charge in [0.25, 0.3) is 6.48 Å². The van der Waals surface area contributed by atoms with E-state index >= 15 is 0 Å². The van der Waals surface area contributed by atoms with Crippen LogP contribution in [0.4, 0.5) is 0 Å². The van der Waals surface area contributed by atoms with Crippen LogP contribution in [0.5, 0.6) is 0 Å². The van der Waals surface area contributed by atoms with Crippen LogP contribution in [0.3, 0.4) is 0 Å². The summed E-state index contributed by atoms with van der Waals surface area (Å²) >= 11 is 0. The van der Waals surface area contributed by atoms with Crippen molar-refractivity contribution in [2.75, 3.05) is 6.61 Å². The fraction of sp³-hybridized carbons (Fsp3) is 1.00. The third-order valence-corrected chi connectivity index (χ3v) is 0.993. The van der Waals surface area contributed by atoms with Crippen LogP contribution in [-0.2, 0) is 9.47 Å². The highest BCUT2D eigenvalue weighted by atomic mass is 16.8. The van der Waals surface area contributed by atoms with Gasteiger partial charge < -0.3 is 14.6 Å². The van der Waals surface area contributed by atoms with E-state index in [1.54, 1.807) is 0 Å². The van der Waals surface area contributed by atoms with E-state index < -0.39 is 6.48 Å². The van der Waals surface area contributed by atoms with Crippen molar-refractivity contribution in [3.05, 3.63) is 0 Å². The van der Waals surface area contributed by atoms with Crippen molar-refractivity contribution in [3.63, 3.8) is 0 Å². The van der Waals surface area contributed by atoms with Crippen LogP contribution in [0, 0.1) is 0 Å². The number of hydrogen-bond acceptors (Lipinski definition) is 3. The quantitative estimate of drug-likeness (QED) is 0.490. The molecule has 0 saturated carbocycles. The predicted molar refractivity (Wildman–Crippen MR) is 27.1 cm³/mol. The number of hydrogen-bond donors (Lipinski definition) is 1. The second-order valence-corrected chi connectivity index (χ2v) is 2.50. The molecule has 0 aromatic heterocycles. The summed E-state index contributed by atoms with van der Waals surface area (Å²) in [6, 6.07) is 0. The minimum atomic E-state index is -1.01. The Morgan fingerprint density at radius 1 is 1.62 bits per heavy atom. The first-order chi connectivity index (χ1) is 3.60. The molecule has 3 heteroatoms. The molecular weight excluding hydrogens is 108 g/mol. The number of rotatable bonds is 0. The van der Waals surface area contributed by atoms with Gasteiger partial charge >= 0.3 is 0 Å². The minimum absolute atomic E-state index is 0.306. The van der Waals surface area contributed by atoms with Crippen molar-refractivity contribution in [1.82, 2.24) is 0 Å². The molecule has 1 aliphatic heterocycles. The summed E-state index contributed by atoms with van der Waals surface area (Å²) in [5.74, 6) is 0. The molecule has 1 unspecified atom stereocenters. The fourth-order valence-corrected chi connectivity index (χ4v) is 0.613. The maximum Gasteiger partial charge on any atom is 0.269 e. The Hall–Kier alpha value is -0.120. The van der Waals surface area contributed by atoms with Crippen LogP contribution in [-0.4, -0.2) is 23.8 Å². The monoisotopic (exact) mass is 118 g/mol. The van der Waals surface area contributed by atoms with Gasteiger partial charge in [-0.15, -0.1) is 0 Å². The molecule has 1 atom stereocenters. The van der Waals surface area contributed by atoms with Crippen molar-refractivity contribution in [3.8, 4) is 0 Å². The Balaban J connectivity index is 2.44. The lowest BCUT2D eigenvalue weighted by Gasteiger charge is -2.12. The second kappa shape index (κ2) is 1.69. The molecule has 0 radical (unpaired) electrons. The lowest BCUT2D eigenvalue weighted by molar-refractivity contribution is -0.214. The predicted octanol–water partition coefficient (Wildman–Crippen LogP) is 0.0877. The highest BCUT2D eigenvalue weighted by Crippen LogP contribution is 2.19. The summed E-state index contributed by atoms with van der Waals surface area (Å²) in [4.78, 5) is 0. The molecule has 3 nitrogen and oxygen atoms in total. The summed E-state index contributed by atoms with van der Waals surface area (Å²) in [6.45, 7) is 3.19. The average Bonchev–Trinajstić information content (AvgIpc) is 1.82. The Labute approximate surface area is 48.2 Å². The standard InChI is InChI=1S/C5H10O3/c1-5(2)3-7-4(6)8-5/h4,6H,3H2,1-2H3. The lowest BCUT2D eigenvalue weighted by atomic mass is 10.2. The van der Waals surface area contributed by atoms with Crippen LogP contribution in [0.25, 0.3) is 0 Å². The second-order valence-electron chi connectivity index (χ2n) is 2.50. The van der Waals surface area contributed by atoms with Crippen LogP contribution < -0.4 is 0 Å². The van der Waals surface area contributed by atoms with Crippen molar-refractivity contribution in [1.29, 1.82) is 0 Å². The summed E-state index contributed by atoms with van der Waals surface area (Å²) in [5.41, 5.74) is -0.306. The highest BCUT2D eigenvalue weighted by Gasteiger charge is 2.30. The van der Waals surface area contributed by atoms with Gasteiger partial charge in [0.1, 0.15) is 0 Å². The third-order valence-electron chi connectivity index (χ3n) is 0.993. The van der Waals surface area contributed by atoms with E-state index in [0.29, 0.717) is 6.61 Å². The smallest absolute Gasteiger partial charge is 0.269 e. The highest BCUT2D eigenvalue weighted by molar-refractivity contribution is 4.70. The molecule has 1 heterocycles. The number of ether oxygens (including phenoxy) is 2. The molecule has 8 heavy (non-hydrogen) atoms. The molecule has 0 spiro atoms. The molecule has 0 bridgehead atoms. The number of aliphatic hydroxyl groups excluding tert-OH is 1. The first-order valence-corrected chi connectivity index (χ1v) is 2.58. The van der Waals surface area contributed by atoms with Gasteiger partial charge in [-0.05, 0) is 13.8 Å². The first kappa shape index (κ1) is 6.01. The van der Waals surface area contributed by atoms with Crippen molar-refractivity contribution >= 4 is 0 Å². The Kier molecular flexibility index (Phi) is 1.27. The van der Waals surface area contributed by atoms with Crippen molar-refractivity contribution in [2.24, 2.45) is 0 Å². The van der Waals surface area contributed by atoms with E-state index in [0.717, 1.165) is 0 Å². The molecule has 1 N–H and O–H groups in total. The minimum Gasteiger partial charge on any atom is -0.346 e. The van der Waals surface area contributed by atoms with Crippen LogP contribution >= 0.6 is 0 Å². The van der Waals surface area contributed by atoms with Crippen molar-refractivity contribution < 1.29 is 14.6 Å². The van der Waals surface area contributed by atoms with Gasteiger partial charge in [0, 0.05) is 0 Å². The van der Waals surface area contributed by atoms with Gasteiger partial charge in [-0.2, -0.15) is 0 Å². The maximum atomic E-state index is 8.62. The number of aliphatic hydroxyl groups is 1. The van der Waals surface area contributed by atoms with E-state index in [1.165, 1.54) is 0 Å². The van der Waals surface area contributed by atoms with Gasteiger partial charge in [0.2, 0.25) is 0 Å². The molecule has 1 rings (SSSR count). The van der Waals surface area contributed by atoms with Gasteiger partial charge in [0.05, 0.1) is 12.2 Å². The van der Waals surface area contributed by atoms with E-state index in [-0.39, 0.29) is 5.60 Å². The molecule has 48 valence electrons. The van der Waals surface area contributed by atoms with Crippen LogP contribution in [0.2, 0.25) is 0 Å². The summed E-state index contributed by atoms with van der Waals surface area (Å²) in [5, 5.41) is 8.62. The van der Waals surface area contributed by atoms with Crippen molar-refractivity contribution in [2.45, 2.75) is 25.9 Å². The Bertz CT molecular complexity index is 89.7. The average molecular weight is 118 g/mol. The largest absolute Gasteiger partial charge is 0.346 e. The topological polar surface area (TPSA) is 38.7 Å². The Morgan fingerprint density at radius 3 is 2.38 bits per heavy atom. The van der Waals surface area contributed by atoms with E-state index in [1.807, 2.05) is 13.8 Å². The van der Waals surface area contributed by atoms with Gasteiger partial charge in [-0.3, -0.25) is 0 Å². The summed E-state index contributed by atoms with van der Waals surface area (Å²) in [7, 11) is 0. The fourth-order valence-electron chi connectivity index (χ4n) is 0.613. The molecule has 0 aliphatic carbocycles. The van der Waals surface area contributed by atoms with Gasteiger partial charge in [0.15, 0.2) is 0 Å².